The maximum atomic E-state index is 12.6. The number of furan rings is 1. The first kappa shape index (κ1) is 18.2. The number of benzene rings is 1. The number of nitrogens with zero attached hydrogens (tertiary/aromatic N) is 3. The Morgan fingerprint density at radius 2 is 1.85 bits per heavy atom. The minimum atomic E-state index is 0.0595. The van der Waals surface area contributed by atoms with Gasteiger partial charge in [-0.15, -0.1) is 0 Å². The van der Waals surface area contributed by atoms with Crippen LogP contribution < -0.4 is 0 Å². The van der Waals surface area contributed by atoms with Crippen LogP contribution in [0.15, 0.2) is 53.1 Å². The zero-order valence-electron chi connectivity index (χ0n) is 15.1. The van der Waals surface area contributed by atoms with Crippen molar-refractivity contribution < 1.29 is 14.0 Å². The number of amides is 2. The van der Waals surface area contributed by atoms with Gasteiger partial charge in [-0.25, -0.2) is 0 Å². The van der Waals surface area contributed by atoms with Crippen LogP contribution in [-0.2, 0) is 11.3 Å². The summed E-state index contributed by atoms with van der Waals surface area (Å²) in [5.74, 6) is 0.897. The summed E-state index contributed by atoms with van der Waals surface area (Å²) in [4.78, 5) is 30.7. The summed E-state index contributed by atoms with van der Waals surface area (Å²) in [6.45, 7) is 3.73. The monoisotopic (exact) mass is 355 g/mol. The van der Waals surface area contributed by atoms with Crippen molar-refractivity contribution in [2.24, 2.45) is 0 Å². The Balaban J connectivity index is 1.50. The Morgan fingerprint density at radius 1 is 1.04 bits per heavy atom. The van der Waals surface area contributed by atoms with Crippen LogP contribution in [0.25, 0.3) is 0 Å². The van der Waals surface area contributed by atoms with Gasteiger partial charge < -0.3 is 14.2 Å². The Kier molecular flexibility index (Phi) is 6.07. The molecule has 1 aliphatic rings. The van der Waals surface area contributed by atoms with Gasteiger partial charge in [0, 0.05) is 38.8 Å². The molecule has 3 rings (SSSR count). The standard InChI is InChI=1S/C20H25N3O3/c1-21(15-18-9-5-14-26-18)19(24)16-22-10-6-11-23(13-12-22)20(25)17-7-3-2-4-8-17/h2-5,7-9,14H,6,10-13,15-16H2,1H3. The molecule has 0 N–H and O–H groups in total. The molecule has 6 nitrogen and oxygen atoms in total. The normalized spacial score (nSPS) is 15.5. The van der Waals surface area contributed by atoms with E-state index in [1.54, 1.807) is 18.2 Å². The third kappa shape index (κ3) is 4.73. The van der Waals surface area contributed by atoms with Crippen LogP contribution in [0.1, 0.15) is 22.5 Å². The van der Waals surface area contributed by atoms with E-state index in [0.717, 1.165) is 30.8 Å². The van der Waals surface area contributed by atoms with E-state index >= 15 is 0 Å². The average Bonchev–Trinajstić information content (AvgIpc) is 3.06. The lowest BCUT2D eigenvalue weighted by Gasteiger charge is -2.24. The lowest BCUT2D eigenvalue weighted by atomic mass is 10.2. The second-order valence-corrected chi connectivity index (χ2v) is 6.62. The third-order valence-electron chi connectivity index (χ3n) is 4.65. The first-order chi connectivity index (χ1) is 12.6. The second-order valence-electron chi connectivity index (χ2n) is 6.62. The van der Waals surface area contributed by atoms with Gasteiger partial charge in [-0.05, 0) is 30.7 Å². The molecule has 0 bridgehead atoms. The largest absolute Gasteiger partial charge is 0.467 e. The molecule has 1 aromatic carbocycles. The van der Waals surface area contributed by atoms with Crippen LogP contribution in [0.4, 0.5) is 0 Å². The Morgan fingerprint density at radius 3 is 2.58 bits per heavy atom. The van der Waals surface area contributed by atoms with Crippen molar-refractivity contribution in [2.75, 3.05) is 39.8 Å². The van der Waals surface area contributed by atoms with E-state index in [9.17, 15) is 9.59 Å². The fourth-order valence-corrected chi connectivity index (χ4v) is 3.13. The van der Waals surface area contributed by atoms with Crippen LogP contribution >= 0.6 is 0 Å². The smallest absolute Gasteiger partial charge is 0.253 e. The van der Waals surface area contributed by atoms with E-state index < -0.39 is 0 Å². The highest BCUT2D eigenvalue weighted by molar-refractivity contribution is 5.94. The quantitative estimate of drug-likeness (QED) is 0.824. The maximum absolute atomic E-state index is 12.6. The number of carbonyl (C=O) groups is 2. The van der Waals surface area contributed by atoms with E-state index in [-0.39, 0.29) is 11.8 Å². The van der Waals surface area contributed by atoms with Crippen molar-refractivity contribution in [1.82, 2.24) is 14.7 Å². The number of rotatable bonds is 5. The highest BCUT2D eigenvalue weighted by Gasteiger charge is 2.22. The van der Waals surface area contributed by atoms with Crippen LogP contribution in [0.2, 0.25) is 0 Å². The summed E-state index contributed by atoms with van der Waals surface area (Å²) in [6, 6.07) is 13.0. The van der Waals surface area contributed by atoms with Gasteiger partial charge in [-0.3, -0.25) is 14.5 Å². The lowest BCUT2D eigenvalue weighted by Crippen LogP contribution is -2.40. The molecule has 2 amide bonds. The molecule has 0 unspecified atom stereocenters. The fourth-order valence-electron chi connectivity index (χ4n) is 3.13. The summed E-state index contributed by atoms with van der Waals surface area (Å²) in [6.07, 6.45) is 2.48. The predicted octanol–water partition coefficient (Wildman–Crippen LogP) is 2.09. The molecule has 0 radical (unpaired) electrons. The van der Waals surface area contributed by atoms with Crippen LogP contribution in [0.3, 0.4) is 0 Å². The fraction of sp³-hybridized carbons (Fsp3) is 0.400. The second kappa shape index (κ2) is 8.67. The zero-order valence-corrected chi connectivity index (χ0v) is 15.1. The Bertz CT molecular complexity index is 715. The van der Waals surface area contributed by atoms with Gasteiger partial charge in [-0.2, -0.15) is 0 Å². The van der Waals surface area contributed by atoms with Gasteiger partial charge in [0.15, 0.2) is 0 Å². The van der Waals surface area contributed by atoms with E-state index in [4.69, 9.17) is 4.42 Å². The molecule has 2 aromatic rings. The van der Waals surface area contributed by atoms with E-state index in [2.05, 4.69) is 4.90 Å². The molecular formula is C20H25N3O3. The van der Waals surface area contributed by atoms with Gasteiger partial charge in [0.05, 0.1) is 19.4 Å². The predicted molar refractivity (Wildman–Crippen MR) is 98.6 cm³/mol. The van der Waals surface area contributed by atoms with E-state index in [0.29, 0.717) is 26.2 Å². The highest BCUT2D eigenvalue weighted by atomic mass is 16.3. The lowest BCUT2D eigenvalue weighted by molar-refractivity contribution is -0.131. The van der Waals surface area contributed by atoms with Crippen molar-refractivity contribution in [3.63, 3.8) is 0 Å². The van der Waals surface area contributed by atoms with Crippen molar-refractivity contribution in [3.05, 3.63) is 60.1 Å². The molecule has 2 heterocycles. The van der Waals surface area contributed by atoms with Gasteiger partial charge in [0.25, 0.3) is 5.91 Å². The van der Waals surface area contributed by atoms with Crippen molar-refractivity contribution in [2.45, 2.75) is 13.0 Å². The van der Waals surface area contributed by atoms with Gasteiger partial charge in [0.1, 0.15) is 5.76 Å². The first-order valence-corrected chi connectivity index (χ1v) is 8.96. The van der Waals surface area contributed by atoms with E-state index in [1.165, 1.54) is 0 Å². The van der Waals surface area contributed by atoms with Gasteiger partial charge in [0.2, 0.25) is 5.91 Å². The first-order valence-electron chi connectivity index (χ1n) is 8.96. The summed E-state index contributed by atoms with van der Waals surface area (Å²) < 4.78 is 5.30. The molecule has 1 aromatic heterocycles. The van der Waals surface area contributed by atoms with Crippen LogP contribution in [0.5, 0.6) is 0 Å². The molecule has 0 spiro atoms. The molecule has 0 saturated carbocycles. The summed E-state index contributed by atoms with van der Waals surface area (Å²) in [5.41, 5.74) is 0.718. The molecule has 26 heavy (non-hydrogen) atoms. The Labute approximate surface area is 154 Å². The van der Waals surface area contributed by atoms with Crippen molar-refractivity contribution in [1.29, 1.82) is 0 Å². The summed E-state index contributed by atoms with van der Waals surface area (Å²) in [7, 11) is 1.79. The van der Waals surface area contributed by atoms with Crippen LogP contribution in [-0.4, -0.2) is 66.3 Å². The number of hydrogen-bond acceptors (Lipinski definition) is 4. The minimum absolute atomic E-state index is 0.0595. The number of likely N-dealkylation sites (N-methyl/N-ethyl adjacent to an activating group) is 1. The third-order valence-corrected chi connectivity index (χ3v) is 4.65. The number of hydrogen-bond donors (Lipinski definition) is 0. The summed E-state index contributed by atoms with van der Waals surface area (Å²) in [5, 5.41) is 0. The number of carbonyl (C=O) groups excluding carboxylic acids is 2. The van der Waals surface area contributed by atoms with Gasteiger partial charge in [-0.1, -0.05) is 18.2 Å². The molecule has 1 fully saturated rings. The van der Waals surface area contributed by atoms with Crippen molar-refractivity contribution in [3.8, 4) is 0 Å². The molecule has 1 saturated heterocycles. The summed E-state index contributed by atoms with van der Waals surface area (Å²) >= 11 is 0. The SMILES string of the molecule is CN(Cc1ccco1)C(=O)CN1CCCN(C(=O)c2ccccc2)CC1. The van der Waals surface area contributed by atoms with Crippen LogP contribution in [0, 0.1) is 0 Å². The van der Waals surface area contributed by atoms with Crippen molar-refractivity contribution >= 4 is 11.8 Å². The van der Waals surface area contributed by atoms with E-state index in [1.807, 2.05) is 47.4 Å². The molecule has 138 valence electrons. The zero-order chi connectivity index (χ0) is 18.4. The molecule has 0 aliphatic carbocycles. The Hall–Kier alpha value is -2.60. The topological polar surface area (TPSA) is 57.0 Å². The van der Waals surface area contributed by atoms with Gasteiger partial charge >= 0.3 is 0 Å². The highest BCUT2D eigenvalue weighted by Crippen LogP contribution is 2.10. The molecule has 1 aliphatic heterocycles. The molecule has 0 atom stereocenters. The molecular weight excluding hydrogens is 330 g/mol. The average molecular weight is 355 g/mol. The molecule has 6 heteroatoms. The maximum Gasteiger partial charge on any atom is 0.253 e. The minimum Gasteiger partial charge on any atom is -0.467 e.